The molecule has 0 unspecified atom stereocenters. The monoisotopic (exact) mass is 360 g/mol. The lowest BCUT2D eigenvalue weighted by Gasteiger charge is -2.41. The molecule has 0 radical (unpaired) electrons. The first-order chi connectivity index (χ1) is 12.0. The van der Waals surface area contributed by atoms with Crippen molar-refractivity contribution in [1.82, 2.24) is 20.8 Å². The summed E-state index contributed by atoms with van der Waals surface area (Å²) < 4.78 is 0. The molecule has 3 N–H and O–H groups in total. The van der Waals surface area contributed by atoms with E-state index >= 15 is 0 Å². The van der Waals surface area contributed by atoms with Crippen LogP contribution in [0.1, 0.15) is 28.9 Å². The number of aryl methyl sites for hydroxylation is 2. The molecule has 0 saturated carbocycles. The Balaban J connectivity index is 1.51. The van der Waals surface area contributed by atoms with Crippen molar-refractivity contribution in [3.05, 3.63) is 51.8 Å². The molecule has 1 aliphatic rings. The molecule has 5 nitrogen and oxygen atoms in total. The lowest BCUT2D eigenvalue weighted by atomic mass is 9.75. The number of aromatic nitrogens is 2. The lowest BCUT2D eigenvalue weighted by molar-refractivity contribution is -0.133. The third kappa shape index (κ3) is 4.05. The number of hydrogen-bond acceptors (Lipinski definition) is 3. The maximum Gasteiger partial charge on any atom is 0.229 e. The lowest BCUT2D eigenvalue weighted by Crippen LogP contribution is -2.62. The zero-order chi connectivity index (χ0) is 17.9. The summed E-state index contributed by atoms with van der Waals surface area (Å²) in [6.07, 6.45) is 2.58. The maximum absolute atomic E-state index is 12.7. The summed E-state index contributed by atoms with van der Waals surface area (Å²) >= 11 is 5.94. The van der Waals surface area contributed by atoms with Gasteiger partial charge in [0.1, 0.15) is 0 Å². The smallest absolute Gasteiger partial charge is 0.229 e. The van der Waals surface area contributed by atoms with Gasteiger partial charge < -0.3 is 10.6 Å². The van der Waals surface area contributed by atoms with E-state index in [1.165, 1.54) is 5.56 Å². The second-order valence-electron chi connectivity index (χ2n) is 6.96. The second-order valence-corrected chi connectivity index (χ2v) is 7.40. The van der Waals surface area contributed by atoms with E-state index in [9.17, 15) is 4.79 Å². The Bertz CT molecular complexity index is 715. The van der Waals surface area contributed by atoms with Gasteiger partial charge in [0.25, 0.3) is 0 Å². The van der Waals surface area contributed by atoms with Gasteiger partial charge in [-0.2, -0.15) is 5.10 Å². The highest BCUT2D eigenvalue weighted by Crippen LogP contribution is 2.28. The maximum atomic E-state index is 12.7. The van der Waals surface area contributed by atoms with Crippen LogP contribution in [0.25, 0.3) is 0 Å². The second kappa shape index (κ2) is 7.58. The average Bonchev–Trinajstić information content (AvgIpc) is 2.88. The minimum atomic E-state index is -0.338. The molecule has 0 bridgehead atoms. The number of benzene rings is 1. The van der Waals surface area contributed by atoms with Crippen molar-refractivity contribution in [3.63, 3.8) is 0 Å². The molecule has 25 heavy (non-hydrogen) atoms. The number of H-pyrrole nitrogens is 1. The quantitative estimate of drug-likeness (QED) is 0.665. The Kier molecular flexibility index (Phi) is 5.45. The van der Waals surface area contributed by atoms with E-state index in [1.54, 1.807) is 0 Å². The Morgan fingerprint density at radius 2 is 2.00 bits per heavy atom. The van der Waals surface area contributed by atoms with E-state index in [2.05, 4.69) is 20.8 Å². The fraction of sp³-hybridized carbons (Fsp3) is 0.474. The molecule has 0 atom stereocenters. The van der Waals surface area contributed by atoms with Crippen LogP contribution in [-0.4, -0.2) is 35.7 Å². The summed E-state index contributed by atoms with van der Waals surface area (Å²) in [5, 5.41) is 14.3. The molecule has 1 fully saturated rings. The van der Waals surface area contributed by atoms with Gasteiger partial charge in [0, 0.05) is 30.4 Å². The summed E-state index contributed by atoms with van der Waals surface area (Å²) in [7, 11) is 0. The number of carbonyl (C=O) groups is 1. The number of hydrogen-bond donors (Lipinski definition) is 3. The van der Waals surface area contributed by atoms with Crippen LogP contribution in [0.15, 0.2) is 24.3 Å². The van der Waals surface area contributed by atoms with Gasteiger partial charge in [-0.1, -0.05) is 23.7 Å². The normalized spacial score (nSPS) is 15.6. The Morgan fingerprint density at radius 1 is 1.28 bits per heavy atom. The van der Waals surface area contributed by atoms with Crippen molar-refractivity contribution >= 4 is 17.5 Å². The van der Waals surface area contributed by atoms with Crippen LogP contribution in [0.3, 0.4) is 0 Å². The predicted octanol–water partition coefficient (Wildman–Crippen LogP) is 2.56. The fourth-order valence-corrected chi connectivity index (χ4v) is 3.51. The van der Waals surface area contributed by atoms with Crippen molar-refractivity contribution < 1.29 is 4.79 Å². The van der Waals surface area contributed by atoms with Gasteiger partial charge >= 0.3 is 0 Å². The molecule has 1 aromatic carbocycles. The molecule has 1 amide bonds. The van der Waals surface area contributed by atoms with E-state index in [0.717, 1.165) is 54.3 Å². The van der Waals surface area contributed by atoms with Crippen LogP contribution in [0.2, 0.25) is 5.02 Å². The molecule has 1 aromatic heterocycles. The minimum absolute atomic E-state index is 0.141. The van der Waals surface area contributed by atoms with Crippen LogP contribution in [0, 0.1) is 19.3 Å². The van der Waals surface area contributed by atoms with E-state index in [4.69, 9.17) is 11.6 Å². The van der Waals surface area contributed by atoms with E-state index < -0.39 is 0 Å². The van der Waals surface area contributed by atoms with Gasteiger partial charge in [-0.3, -0.25) is 9.89 Å². The van der Waals surface area contributed by atoms with Crippen LogP contribution < -0.4 is 10.6 Å². The molecule has 0 aliphatic carbocycles. The molecule has 2 heterocycles. The van der Waals surface area contributed by atoms with Crippen LogP contribution in [-0.2, 0) is 17.6 Å². The summed E-state index contributed by atoms with van der Waals surface area (Å²) in [5.41, 5.74) is 4.23. The first-order valence-corrected chi connectivity index (χ1v) is 9.12. The van der Waals surface area contributed by atoms with Crippen molar-refractivity contribution in [2.24, 2.45) is 5.41 Å². The number of amides is 1. The Hall–Kier alpha value is -1.85. The zero-order valence-corrected chi connectivity index (χ0v) is 15.5. The molecular weight excluding hydrogens is 336 g/mol. The largest absolute Gasteiger partial charge is 0.356 e. The third-order valence-electron chi connectivity index (χ3n) is 5.03. The summed E-state index contributed by atoms with van der Waals surface area (Å²) in [6, 6.07) is 7.76. The Morgan fingerprint density at radius 3 is 2.56 bits per heavy atom. The standard InChI is InChI=1S/C19H25ClN4O/c1-13-17(14(2)24-23-13)4-3-9-22-18(25)19(11-21-12-19)10-15-5-7-16(20)8-6-15/h5-8,21H,3-4,9-12H2,1-2H3,(H,22,25)(H,23,24). The SMILES string of the molecule is Cc1n[nH]c(C)c1CCCNC(=O)C1(Cc2ccc(Cl)cc2)CNC1. The molecule has 1 saturated heterocycles. The third-order valence-corrected chi connectivity index (χ3v) is 5.29. The predicted molar refractivity (Wildman–Crippen MR) is 99.9 cm³/mol. The topological polar surface area (TPSA) is 69.8 Å². The van der Waals surface area contributed by atoms with Crippen molar-refractivity contribution in [2.45, 2.75) is 33.1 Å². The molecular formula is C19H25ClN4O. The molecule has 6 heteroatoms. The van der Waals surface area contributed by atoms with Crippen LogP contribution in [0.5, 0.6) is 0 Å². The number of aromatic amines is 1. The van der Waals surface area contributed by atoms with Gasteiger partial charge in [-0.25, -0.2) is 0 Å². The average molecular weight is 361 g/mol. The van der Waals surface area contributed by atoms with Crippen molar-refractivity contribution in [1.29, 1.82) is 0 Å². The van der Waals surface area contributed by atoms with Crippen molar-refractivity contribution in [2.75, 3.05) is 19.6 Å². The summed E-state index contributed by atoms with van der Waals surface area (Å²) in [6.45, 7) is 6.18. The van der Waals surface area contributed by atoms with Gasteiger partial charge in [0.05, 0.1) is 11.1 Å². The Labute approximate surface area is 153 Å². The van der Waals surface area contributed by atoms with E-state index in [0.29, 0.717) is 6.54 Å². The van der Waals surface area contributed by atoms with Gasteiger partial charge in [-0.05, 0) is 56.4 Å². The number of nitrogens with one attached hydrogen (secondary N) is 3. The first-order valence-electron chi connectivity index (χ1n) is 8.74. The summed E-state index contributed by atoms with van der Waals surface area (Å²) in [4.78, 5) is 12.7. The zero-order valence-electron chi connectivity index (χ0n) is 14.8. The molecule has 2 aromatic rings. The minimum Gasteiger partial charge on any atom is -0.356 e. The number of carbonyl (C=O) groups excluding carboxylic acids is 1. The van der Waals surface area contributed by atoms with Gasteiger partial charge in [0.2, 0.25) is 5.91 Å². The molecule has 3 rings (SSSR count). The highest BCUT2D eigenvalue weighted by Gasteiger charge is 2.43. The molecule has 1 aliphatic heterocycles. The number of rotatable bonds is 7. The van der Waals surface area contributed by atoms with E-state index in [-0.39, 0.29) is 11.3 Å². The number of nitrogens with zero attached hydrogens (tertiary/aromatic N) is 1. The summed E-state index contributed by atoms with van der Waals surface area (Å²) in [5.74, 6) is 0.141. The van der Waals surface area contributed by atoms with Gasteiger partial charge in [-0.15, -0.1) is 0 Å². The van der Waals surface area contributed by atoms with Crippen LogP contribution in [0.4, 0.5) is 0 Å². The van der Waals surface area contributed by atoms with Gasteiger partial charge in [0.15, 0.2) is 0 Å². The van der Waals surface area contributed by atoms with E-state index in [1.807, 2.05) is 38.1 Å². The fourth-order valence-electron chi connectivity index (χ4n) is 3.38. The molecule has 134 valence electrons. The van der Waals surface area contributed by atoms with Crippen LogP contribution >= 0.6 is 11.6 Å². The van der Waals surface area contributed by atoms with Crippen molar-refractivity contribution in [3.8, 4) is 0 Å². The highest BCUT2D eigenvalue weighted by molar-refractivity contribution is 6.30. The molecule has 0 spiro atoms. The first kappa shape index (κ1) is 18.0. The number of halogens is 1. The highest BCUT2D eigenvalue weighted by atomic mass is 35.5.